The fraction of sp³-hybridized carbons (Fsp3) is 0.200. The van der Waals surface area contributed by atoms with Crippen LogP contribution in [0.2, 0.25) is 0 Å². The van der Waals surface area contributed by atoms with E-state index in [1.54, 1.807) is 18.2 Å². The Labute approximate surface area is 77.3 Å². The maximum absolute atomic E-state index is 8.70. The molecule has 65 valence electrons. The number of rotatable bonds is 3. The molecule has 0 amide bonds. The highest BCUT2D eigenvalue weighted by molar-refractivity contribution is 5.61. The molecule has 0 bridgehead atoms. The van der Waals surface area contributed by atoms with Crippen LogP contribution in [-0.2, 0) is 4.74 Å². The summed E-state index contributed by atoms with van der Waals surface area (Å²) < 4.78 is 4.92. The first-order valence-electron chi connectivity index (χ1n) is 3.92. The van der Waals surface area contributed by atoms with Crippen molar-refractivity contribution in [2.75, 3.05) is 6.61 Å². The average molecular weight is 173 g/mol. The summed E-state index contributed by atoms with van der Waals surface area (Å²) in [7, 11) is 0. The quantitative estimate of drug-likeness (QED) is 0.518. The van der Waals surface area contributed by atoms with Crippen LogP contribution in [-0.4, -0.2) is 13.0 Å². The molecule has 0 saturated carbocycles. The lowest BCUT2D eigenvalue weighted by Crippen LogP contribution is -1.84. The monoisotopic (exact) mass is 173 g/mol. The molecule has 0 heterocycles. The summed E-state index contributed by atoms with van der Waals surface area (Å²) in [4.78, 5) is 3.97. The van der Waals surface area contributed by atoms with Crippen LogP contribution >= 0.6 is 0 Å². The first kappa shape index (κ1) is 9.27. The van der Waals surface area contributed by atoms with Crippen molar-refractivity contribution in [3.05, 3.63) is 29.8 Å². The zero-order valence-electron chi connectivity index (χ0n) is 7.32. The van der Waals surface area contributed by atoms with E-state index in [1.807, 2.05) is 13.0 Å². The molecule has 1 aromatic carbocycles. The largest absolute Gasteiger partial charge is 0.483 e. The third-order valence-corrected chi connectivity index (χ3v) is 1.40. The second kappa shape index (κ2) is 4.94. The van der Waals surface area contributed by atoms with E-state index in [9.17, 15) is 0 Å². The van der Waals surface area contributed by atoms with Gasteiger partial charge >= 0.3 is 0 Å². The van der Waals surface area contributed by atoms with Gasteiger partial charge in [-0.3, -0.25) is 0 Å². The van der Waals surface area contributed by atoms with E-state index < -0.39 is 0 Å². The molecule has 1 rings (SSSR count). The second-order valence-electron chi connectivity index (χ2n) is 2.24. The van der Waals surface area contributed by atoms with Crippen molar-refractivity contribution in [2.24, 2.45) is 4.99 Å². The summed E-state index contributed by atoms with van der Waals surface area (Å²) in [6.07, 6.45) is 1.34. The minimum Gasteiger partial charge on any atom is -0.483 e. The lowest BCUT2D eigenvalue weighted by Gasteiger charge is -1.95. The fourth-order valence-corrected chi connectivity index (χ4v) is 0.792. The first-order chi connectivity index (χ1) is 6.38. The SMILES string of the molecule is CCO/C=N/c1c[c]ccc1C#N. The Balaban J connectivity index is 2.82. The molecule has 0 spiro atoms. The van der Waals surface area contributed by atoms with Crippen LogP contribution in [0.15, 0.2) is 23.2 Å². The van der Waals surface area contributed by atoms with Crippen molar-refractivity contribution in [1.29, 1.82) is 5.26 Å². The number of ether oxygens (including phenoxy) is 1. The molecular formula is C10H9N2O. The van der Waals surface area contributed by atoms with E-state index in [1.165, 1.54) is 6.40 Å². The lowest BCUT2D eigenvalue weighted by molar-refractivity contribution is 0.344. The minimum absolute atomic E-state index is 0.523. The Morgan fingerprint density at radius 3 is 3.31 bits per heavy atom. The van der Waals surface area contributed by atoms with E-state index >= 15 is 0 Å². The molecule has 3 nitrogen and oxygen atoms in total. The van der Waals surface area contributed by atoms with Gasteiger partial charge in [0.2, 0.25) is 0 Å². The maximum Gasteiger partial charge on any atom is 0.174 e. The predicted octanol–water partition coefficient (Wildman–Crippen LogP) is 2.05. The van der Waals surface area contributed by atoms with Gasteiger partial charge in [-0.1, -0.05) is 6.07 Å². The zero-order valence-corrected chi connectivity index (χ0v) is 7.32. The molecule has 13 heavy (non-hydrogen) atoms. The van der Waals surface area contributed by atoms with Crippen molar-refractivity contribution >= 4 is 12.1 Å². The highest BCUT2D eigenvalue weighted by atomic mass is 16.5. The molecule has 0 unspecified atom stereocenters. The average Bonchev–Trinajstić information content (AvgIpc) is 2.19. The molecule has 0 saturated heterocycles. The van der Waals surface area contributed by atoms with Crippen molar-refractivity contribution in [3.63, 3.8) is 0 Å². The van der Waals surface area contributed by atoms with Gasteiger partial charge in [-0.05, 0) is 25.1 Å². The number of nitriles is 1. The van der Waals surface area contributed by atoms with E-state index in [0.29, 0.717) is 17.9 Å². The zero-order chi connectivity index (χ0) is 9.52. The summed E-state index contributed by atoms with van der Waals surface area (Å²) in [5.41, 5.74) is 1.10. The summed E-state index contributed by atoms with van der Waals surface area (Å²) in [5.74, 6) is 0. The van der Waals surface area contributed by atoms with Gasteiger partial charge in [0.05, 0.1) is 17.9 Å². The van der Waals surface area contributed by atoms with Gasteiger partial charge in [-0.25, -0.2) is 4.99 Å². The van der Waals surface area contributed by atoms with Gasteiger partial charge in [0.25, 0.3) is 0 Å². The standard InChI is InChI=1S/C10H9N2O/c1-2-13-8-12-10-6-4-3-5-9(10)7-11/h3,5-6,8H,2H2,1H3/b12-8+. The molecule has 0 aliphatic heterocycles. The number of benzene rings is 1. The number of nitrogens with zero attached hydrogens (tertiary/aromatic N) is 2. The van der Waals surface area contributed by atoms with Crippen LogP contribution < -0.4 is 0 Å². The fourth-order valence-electron chi connectivity index (χ4n) is 0.792. The summed E-state index contributed by atoms with van der Waals surface area (Å²) in [5, 5.41) is 8.70. The van der Waals surface area contributed by atoms with Gasteiger partial charge in [-0.2, -0.15) is 5.26 Å². The van der Waals surface area contributed by atoms with Gasteiger partial charge in [-0.15, -0.1) is 0 Å². The maximum atomic E-state index is 8.70. The smallest absolute Gasteiger partial charge is 0.174 e. The molecular weight excluding hydrogens is 164 g/mol. The Bertz CT molecular complexity index is 339. The van der Waals surface area contributed by atoms with Crippen molar-refractivity contribution < 1.29 is 4.74 Å². The van der Waals surface area contributed by atoms with Gasteiger partial charge in [0.15, 0.2) is 6.40 Å². The summed E-state index contributed by atoms with van der Waals surface area (Å²) in [6.45, 7) is 2.44. The molecule has 0 fully saturated rings. The Morgan fingerprint density at radius 1 is 1.77 bits per heavy atom. The van der Waals surface area contributed by atoms with E-state index in [0.717, 1.165) is 0 Å². The first-order valence-corrected chi connectivity index (χ1v) is 3.92. The highest BCUT2D eigenvalue weighted by Crippen LogP contribution is 2.15. The molecule has 3 heteroatoms. The van der Waals surface area contributed by atoms with Gasteiger partial charge in [0, 0.05) is 0 Å². The lowest BCUT2D eigenvalue weighted by atomic mass is 10.2. The predicted molar refractivity (Wildman–Crippen MR) is 49.8 cm³/mol. The van der Waals surface area contributed by atoms with Crippen LogP contribution in [0, 0.1) is 17.4 Å². The topological polar surface area (TPSA) is 45.4 Å². The number of hydrogen-bond acceptors (Lipinski definition) is 3. The summed E-state index contributed by atoms with van der Waals surface area (Å²) >= 11 is 0. The molecule has 1 aromatic rings. The Kier molecular flexibility index (Phi) is 3.52. The third kappa shape index (κ3) is 2.60. The van der Waals surface area contributed by atoms with Crippen molar-refractivity contribution in [2.45, 2.75) is 6.92 Å². The Morgan fingerprint density at radius 2 is 2.62 bits per heavy atom. The molecule has 0 aromatic heterocycles. The molecule has 0 aliphatic carbocycles. The van der Waals surface area contributed by atoms with Crippen LogP contribution in [0.4, 0.5) is 5.69 Å². The van der Waals surface area contributed by atoms with E-state index in [-0.39, 0.29) is 0 Å². The van der Waals surface area contributed by atoms with Crippen molar-refractivity contribution in [1.82, 2.24) is 0 Å². The molecule has 1 radical (unpaired) electrons. The van der Waals surface area contributed by atoms with Gasteiger partial charge < -0.3 is 4.74 Å². The summed E-state index contributed by atoms with van der Waals surface area (Å²) in [6, 6.07) is 9.87. The molecule has 0 aliphatic rings. The minimum atomic E-state index is 0.523. The van der Waals surface area contributed by atoms with Crippen molar-refractivity contribution in [3.8, 4) is 6.07 Å². The highest BCUT2D eigenvalue weighted by Gasteiger charge is 1.96. The molecule has 0 N–H and O–H groups in total. The molecule has 0 atom stereocenters. The van der Waals surface area contributed by atoms with Gasteiger partial charge in [0.1, 0.15) is 6.07 Å². The van der Waals surface area contributed by atoms with E-state index in [2.05, 4.69) is 11.1 Å². The van der Waals surface area contributed by atoms with E-state index in [4.69, 9.17) is 10.00 Å². The Hall–Kier alpha value is -1.82. The second-order valence-corrected chi connectivity index (χ2v) is 2.24. The normalized spacial score (nSPS) is 9.85. The number of aliphatic imine (C=N–C) groups is 1. The van der Waals surface area contributed by atoms with Crippen LogP contribution in [0.1, 0.15) is 12.5 Å². The third-order valence-electron chi connectivity index (χ3n) is 1.40. The van der Waals surface area contributed by atoms with Crippen LogP contribution in [0.5, 0.6) is 0 Å². The number of hydrogen-bond donors (Lipinski definition) is 0. The van der Waals surface area contributed by atoms with Crippen LogP contribution in [0.3, 0.4) is 0 Å². The van der Waals surface area contributed by atoms with Crippen LogP contribution in [0.25, 0.3) is 0 Å².